The Labute approximate surface area is 106 Å². The highest BCUT2D eigenvalue weighted by atomic mass is 35.5. The van der Waals surface area contributed by atoms with E-state index >= 15 is 0 Å². The summed E-state index contributed by atoms with van der Waals surface area (Å²) in [5.74, 6) is -0.0700. The third kappa shape index (κ3) is 3.31. The quantitative estimate of drug-likeness (QED) is 0.757. The lowest BCUT2D eigenvalue weighted by Crippen LogP contribution is -2.51. The van der Waals surface area contributed by atoms with Crippen molar-refractivity contribution in [2.75, 3.05) is 19.6 Å². The van der Waals surface area contributed by atoms with Crippen LogP contribution < -0.4 is 10.9 Å². The maximum Gasteiger partial charge on any atom is 0.254 e. The van der Waals surface area contributed by atoms with Crippen LogP contribution in [0.5, 0.6) is 0 Å². The minimum atomic E-state index is -0.242. The predicted octanol–water partition coefficient (Wildman–Crippen LogP) is 0.231. The Balaban J connectivity index is 0.00000144. The number of carbonyl (C=O) groups is 1. The molecule has 1 amide bonds. The third-order valence-electron chi connectivity index (χ3n) is 2.68. The fourth-order valence-corrected chi connectivity index (χ4v) is 1.88. The van der Waals surface area contributed by atoms with E-state index in [1.165, 1.54) is 12.3 Å². The summed E-state index contributed by atoms with van der Waals surface area (Å²) >= 11 is 0. The standard InChI is InChI=1S/C11H15N3O2.ClH/c1-8-7-14(5-4-12-8)11(16)9-2-3-13-10(15)6-9;/h2-3,6,8,12H,4-5,7H2,1H3,(H,13,15);1H/t8-;/m0./s1. The molecule has 2 heterocycles. The van der Waals surface area contributed by atoms with Crippen LogP contribution in [0.2, 0.25) is 0 Å². The molecule has 1 fully saturated rings. The molecule has 0 saturated carbocycles. The number of carbonyl (C=O) groups excluding carboxylic acids is 1. The summed E-state index contributed by atoms with van der Waals surface area (Å²) in [6, 6.07) is 3.28. The molecule has 5 nitrogen and oxygen atoms in total. The Kier molecular flexibility index (Phi) is 4.72. The molecule has 0 aliphatic carbocycles. The highest BCUT2D eigenvalue weighted by Crippen LogP contribution is 2.05. The molecule has 0 bridgehead atoms. The van der Waals surface area contributed by atoms with Gasteiger partial charge in [0, 0.05) is 43.5 Å². The highest BCUT2D eigenvalue weighted by Gasteiger charge is 2.21. The number of halogens is 1. The lowest BCUT2D eigenvalue weighted by atomic mass is 10.2. The Morgan fingerprint density at radius 1 is 1.53 bits per heavy atom. The maximum atomic E-state index is 12.0. The van der Waals surface area contributed by atoms with Gasteiger partial charge in [-0.15, -0.1) is 12.4 Å². The molecule has 2 N–H and O–H groups in total. The predicted molar refractivity (Wildman–Crippen MR) is 67.7 cm³/mol. The van der Waals surface area contributed by atoms with Crippen molar-refractivity contribution in [1.82, 2.24) is 15.2 Å². The number of hydrogen-bond donors (Lipinski definition) is 2. The maximum absolute atomic E-state index is 12.0. The van der Waals surface area contributed by atoms with E-state index in [0.29, 0.717) is 24.7 Å². The summed E-state index contributed by atoms with van der Waals surface area (Å²) in [7, 11) is 0. The minimum absolute atomic E-state index is 0. The highest BCUT2D eigenvalue weighted by molar-refractivity contribution is 5.94. The smallest absolute Gasteiger partial charge is 0.254 e. The number of rotatable bonds is 1. The summed E-state index contributed by atoms with van der Waals surface area (Å²) in [6.07, 6.45) is 1.50. The van der Waals surface area contributed by atoms with Crippen LogP contribution >= 0.6 is 12.4 Å². The van der Waals surface area contributed by atoms with Gasteiger partial charge in [0.2, 0.25) is 5.56 Å². The lowest BCUT2D eigenvalue weighted by molar-refractivity contribution is 0.0709. The van der Waals surface area contributed by atoms with Gasteiger partial charge in [0.15, 0.2) is 0 Å². The molecule has 1 aliphatic heterocycles. The molecular weight excluding hydrogens is 242 g/mol. The summed E-state index contributed by atoms with van der Waals surface area (Å²) in [6.45, 7) is 4.22. The van der Waals surface area contributed by atoms with Gasteiger partial charge in [-0.2, -0.15) is 0 Å². The van der Waals surface area contributed by atoms with Gasteiger partial charge in [-0.3, -0.25) is 9.59 Å². The molecule has 1 aromatic rings. The molecule has 0 radical (unpaired) electrons. The number of piperazine rings is 1. The van der Waals surface area contributed by atoms with Crippen LogP contribution in [0.4, 0.5) is 0 Å². The Hall–Kier alpha value is -1.33. The van der Waals surface area contributed by atoms with Crippen molar-refractivity contribution in [2.45, 2.75) is 13.0 Å². The first-order valence-corrected chi connectivity index (χ1v) is 5.38. The fraction of sp³-hybridized carbons (Fsp3) is 0.455. The van der Waals surface area contributed by atoms with Gasteiger partial charge in [-0.1, -0.05) is 0 Å². The van der Waals surface area contributed by atoms with E-state index < -0.39 is 0 Å². The van der Waals surface area contributed by atoms with Crippen LogP contribution in [0.3, 0.4) is 0 Å². The van der Waals surface area contributed by atoms with E-state index in [0.717, 1.165) is 6.54 Å². The lowest BCUT2D eigenvalue weighted by Gasteiger charge is -2.31. The Bertz CT molecular complexity index is 446. The molecule has 1 saturated heterocycles. The summed E-state index contributed by atoms with van der Waals surface area (Å²) in [4.78, 5) is 27.4. The van der Waals surface area contributed by atoms with Crippen molar-refractivity contribution in [3.63, 3.8) is 0 Å². The van der Waals surface area contributed by atoms with Gasteiger partial charge in [-0.05, 0) is 13.0 Å². The van der Waals surface area contributed by atoms with Crippen molar-refractivity contribution < 1.29 is 4.79 Å². The normalized spacial score (nSPS) is 19.6. The van der Waals surface area contributed by atoms with Crippen molar-refractivity contribution >= 4 is 18.3 Å². The average Bonchev–Trinajstić information content (AvgIpc) is 2.28. The zero-order valence-electron chi connectivity index (χ0n) is 9.60. The SMILES string of the molecule is C[C@H]1CN(C(=O)c2cc[nH]c(=O)c2)CCN1.Cl. The fourth-order valence-electron chi connectivity index (χ4n) is 1.88. The third-order valence-corrected chi connectivity index (χ3v) is 2.68. The molecule has 1 atom stereocenters. The van der Waals surface area contributed by atoms with E-state index in [4.69, 9.17) is 0 Å². The molecule has 17 heavy (non-hydrogen) atoms. The largest absolute Gasteiger partial charge is 0.336 e. The van der Waals surface area contributed by atoms with Crippen LogP contribution in [0.15, 0.2) is 23.1 Å². The Morgan fingerprint density at radius 2 is 2.29 bits per heavy atom. The number of aromatic amines is 1. The molecule has 0 unspecified atom stereocenters. The van der Waals surface area contributed by atoms with Crippen molar-refractivity contribution in [3.8, 4) is 0 Å². The molecule has 94 valence electrons. The summed E-state index contributed by atoms with van der Waals surface area (Å²) in [5.41, 5.74) is 0.215. The number of amides is 1. The monoisotopic (exact) mass is 257 g/mol. The van der Waals surface area contributed by atoms with Crippen LogP contribution in [-0.2, 0) is 0 Å². The van der Waals surface area contributed by atoms with E-state index in [2.05, 4.69) is 10.3 Å². The molecule has 0 aromatic carbocycles. The summed E-state index contributed by atoms with van der Waals surface area (Å²) in [5, 5.41) is 3.27. The number of nitrogens with one attached hydrogen (secondary N) is 2. The number of pyridine rings is 1. The van der Waals surface area contributed by atoms with Crippen LogP contribution in [0.1, 0.15) is 17.3 Å². The van der Waals surface area contributed by atoms with Gasteiger partial charge >= 0.3 is 0 Å². The molecule has 1 aliphatic rings. The topological polar surface area (TPSA) is 65.2 Å². The first kappa shape index (κ1) is 13.7. The summed E-state index contributed by atoms with van der Waals surface area (Å²) < 4.78 is 0. The average molecular weight is 258 g/mol. The number of H-pyrrole nitrogens is 1. The second-order valence-corrected chi connectivity index (χ2v) is 4.05. The minimum Gasteiger partial charge on any atom is -0.336 e. The van der Waals surface area contributed by atoms with Crippen LogP contribution in [0.25, 0.3) is 0 Å². The zero-order valence-corrected chi connectivity index (χ0v) is 10.4. The van der Waals surface area contributed by atoms with Crippen LogP contribution in [0, 0.1) is 0 Å². The van der Waals surface area contributed by atoms with Gasteiger partial charge in [0.05, 0.1) is 0 Å². The van der Waals surface area contributed by atoms with E-state index in [-0.39, 0.29) is 23.9 Å². The number of aromatic nitrogens is 1. The van der Waals surface area contributed by atoms with Crippen molar-refractivity contribution in [1.29, 1.82) is 0 Å². The molecule has 6 heteroatoms. The van der Waals surface area contributed by atoms with Crippen molar-refractivity contribution in [3.05, 3.63) is 34.2 Å². The number of hydrogen-bond acceptors (Lipinski definition) is 3. The van der Waals surface area contributed by atoms with Gasteiger partial charge in [0.1, 0.15) is 0 Å². The number of nitrogens with zero attached hydrogens (tertiary/aromatic N) is 1. The molecular formula is C11H16ClN3O2. The van der Waals surface area contributed by atoms with Crippen molar-refractivity contribution in [2.24, 2.45) is 0 Å². The second kappa shape index (κ2) is 5.84. The van der Waals surface area contributed by atoms with Gasteiger partial charge in [-0.25, -0.2) is 0 Å². The molecule has 0 spiro atoms. The Morgan fingerprint density at radius 3 is 2.94 bits per heavy atom. The van der Waals surface area contributed by atoms with Gasteiger partial charge < -0.3 is 15.2 Å². The van der Waals surface area contributed by atoms with Gasteiger partial charge in [0.25, 0.3) is 5.91 Å². The van der Waals surface area contributed by atoms with E-state index in [1.54, 1.807) is 11.0 Å². The van der Waals surface area contributed by atoms with Crippen LogP contribution in [-0.4, -0.2) is 41.5 Å². The zero-order chi connectivity index (χ0) is 11.5. The first-order valence-electron chi connectivity index (χ1n) is 5.38. The molecule has 2 rings (SSSR count). The molecule has 1 aromatic heterocycles. The first-order chi connectivity index (χ1) is 7.66. The second-order valence-electron chi connectivity index (χ2n) is 4.05. The van der Waals surface area contributed by atoms with E-state index in [9.17, 15) is 9.59 Å². The van der Waals surface area contributed by atoms with E-state index in [1.807, 2.05) is 6.92 Å².